The lowest BCUT2D eigenvalue weighted by molar-refractivity contribution is -0.141. The summed E-state index contributed by atoms with van der Waals surface area (Å²) in [6, 6.07) is 7.32. The quantitative estimate of drug-likeness (QED) is 0.693. The van der Waals surface area contributed by atoms with Crippen molar-refractivity contribution in [2.45, 2.75) is 36.9 Å². The van der Waals surface area contributed by atoms with E-state index in [2.05, 4.69) is 15.4 Å². The summed E-state index contributed by atoms with van der Waals surface area (Å²) >= 11 is 0. The summed E-state index contributed by atoms with van der Waals surface area (Å²) in [5.41, 5.74) is -0.187. The van der Waals surface area contributed by atoms with Crippen LogP contribution in [0.25, 0.3) is 16.8 Å². The van der Waals surface area contributed by atoms with Gasteiger partial charge in [-0.25, -0.2) is 17.9 Å². The van der Waals surface area contributed by atoms with Gasteiger partial charge in [-0.1, -0.05) is 6.92 Å². The molecule has 1 fully saturated rings. The lowest BCUT2D eigenvalue weighted by Crippen LogP contribution is -2.09. The van der Waals surface area contributed by atoms with E-state index >= 15 is 0 Å². The Hall–Kier alpha value is -2.62. The molecule has 1 aliphatic carbocycles. The zero-order valence-corrected chi connectivity index (χ0v) is 15.7. The fourth-order valence-electron chi connectivity index (χ4n) is 2.86. The molecule has 10 heteroatoms. The summed E-state index contributed by atoms with van der Waals surface area (Å²) in [6.07, 6.45) is -1.15. The molecule has 0 saturated heterocycles. The minimum absolute atomic E-state index is 0.0521. The normalized spacial score (nSPS) is 15.1. The number of aromatic nitrogens is 3. The van der Waals surface area contributed by atoms with Gasteiger partial charge in [-0.3, -0.25) is 0 Å². The van der Waals surface area contributed by atoms with E-state index in [9.17, 15) is 21.6 Å². The predicted octanol–water partition coefficient (Wildman–Crippen LogP) is 3.78. The zero-order valence-electron chi connectivity index (χ0n) is 14.9. The van der Waals surface area contributed by atoms with Crippen molar-refractivity contribution in [2.75, 3.05) is 11.1 Å². The first-order chi connectivity index (χ1) is 13.2. The molecule has 0 aliphatic heterocycles. The topological polar surface area (TPSA) is 76.4 Å². The van der Waals surface area contributed by atoms with Crippen molar-refractivity contribution in [3.05, 3.63) is 42.2 Å². The molecule has 1 N–H and O–H groups in total. The summed E-state index contributed by atoms with van der Waals surface area (Å²) < 4.78 is 64.9. The minimum atomic E-state index is -4.56. The van der Waals surface area contributed by atoms with E-state index in [4.69, 9.17) is 0 Å². The van der Waals surface area contributed by atoms with Gasteiger partial charge in [0.25, 0.3) is 0 Å². The van der Waals surface area contributed by atoms with Crippen molar-refractivity contribution in [1.29, 1.82) is 0 Å². The first-order valence-electron chi connectivity index (χ1n) is 8.75. The molecule has 28 heavy (non-hydrogen) atoms. The fraction of sp³-hybridized carbons (Fsp3) is 0.333. The maximum Gasteiger partial charge on any atom is 0.435 e. The number of halogens is 3. The van der Waals surface area contributed by atoms with Gasteiger partial charge in [0.1, 0.15) is 5.82 Å². The highest BCUT2D eigenvalue weighted by Crippen LogP contribution is 2.33. The maximum absolute atomic E-state index is 12.9. The summed E-state index contributed by atoms with van der Waals surface area (Å²) in [4.78, 5) is 4.51. The SMILES string of the molecule is CCS(=O)(=O)c1ccc(NC2CC2)nc1-c1ccn2nc(C(F)(F)F)cc2c1. The van der Waals surface area contributed by atoms with Gasteiger partial charge in [0, 0.05) is 17.8 Å². The van der Waals surface area contributed by atoms with Crippen LogP contribution in [-0.4, -0.2) is 34.8 Å². The van der Waals surface area contributed by atoms with Crippen LogP contribution in [-0.2, 0) is 16.0 Å². The van der Waals surface area contributed by atoms with Crippen molar-refractivity contribution in [3.63, 3.8) is 0 Å². The molecule has 0 unspecified atom stereocenters. The zero-order chi connectivity index (χ0) is 20.1. The number of hydrogen-bond acceptors (Lipinski definition) is 5. The fourth-order valence-corrected chi connectivity index (χ4v) is 3.90. The lowest BCUT2D eigenvalue weighted by Gasteiger charge is -2.12. The van der Waals surface area contributed by atoms with Gasteiger partial charge in [0.05, 0.1) is 21.9 Å². The monoisotopic (exact) mass is 410 g/mol. The van der Waals surface area contributed by atoms with E-state index in [0.29, 0.717) is 17.4 Å². The van der Waals surface area contributed by atoms with Gasteiger partial charge in [0.15, 0.2) is 15.5 Å². The van der Waals surface area contributed by atoms with Crippen molar-refractivity contribution < 1.29 is 21.6 Å². The molecule has 0 radical (unpaired) electrons. The molecule has 0 atom stereocenters. The highest BCUT2D eigenvalue weighted by molar-refractivity contribution is 7.91. The predicted molar refractivity (Wildman–Crippen MR) is 97.8 cm³/mol. The largest absolute Gasteiger partial charge is 0.435 e. The third kappa shape index (κ3) is 3.56. The van der Waals surface area contributed by atoms with E-state index < -0.39 is 21.7 Å². The summed E-state index contributed by atoms with van der Waals surface area (Å²) in [5.74, 6) is 0.432. The highest BCUT2D eigenvalue weighted by atomic mass is 32.2. The third-order valence-electron chi connectivity index (χ3n) is 4.53. The second kappa shape index (κ2) is 6.47. The van der Waals surface area contributed by atoms with Crippen LogP contribution >= 0.6 is 0 Å². The van der Waals surface area contributed by atoms with Crippen molar-refractivity contribution in [2.24, 2.45) is 0 Å². The molecular weight excluding hydrogens is 393 g/mol. The second-order valence-corrected chi connectivity index (χ2v) is 8.92. The first-order valence-corrected chi connectivity index (χ1v) is 10.4. The Morgan fingerprint density at radius 3 is 2.61 bits per heavy atom. The second-order valence-electron chi connectivity index (χ2n) is 6.68. The Morgan fingerprint density at radius 2 is 1.96 bits per heavy atom. The average molecular weight is 410 g/mol. The Balaban J connectivity index is 1.85. The molecule has 0 bridgehead atoms. The standard InChI is InChI=1S/C18H17F3N4O2S/c1-2-28(26,27)14-5-6-16(22-12-3-4-12)23-17(14)11-7-8-25-13(9-11)10-15(24-25)18(19,20)21/h5-10,12H,2-4H2,1H3,(H,22,23). The smallest absolute Gasteiger partial charge is 0.367 e. The molecule has 4 rings (SSSR count). The van der Waals surface area contributed by atoms with Crippen molar-refractivity contribution >= 4 is 21.2 Å². The van der Waals surface area contributed by atoms with E-state index in [1.54, 1.807) is 6.07 Å². The molecule has 3 aromatic rings. The van der Waals surface area contributed by atoms with E-state index in [1.807, 2.05) is 0 Å². The molecule has 148 valence electrons. The van der Waals surface area contributed by atoms with E-state index in [-0.39, 0.29) is 21.9 Å². The van der Waals surface area contributed by atoms with Crippen LogP contribution in [0, 0.1) is 0 Å². The average Bonchev–Trinajstić information content (AvgIpc) is 3.34. The number of hydrogen-bond donors (Lipinski definition) is 1. The van der Waals surface area contributed by atoms with Crippen LogP contribution in [0.3, 0.4) is 0 Å². The van der Waals surface area contributed by atoms with Gasteiger partial charge in [0.2, 0.25) is 0 Å². The molecule has 0 spiro atoms. The number of pyridine rings is 2. The maximum atomic E-state index is 12.9. The number of alkyl halides is 3. The minimum Gasteiger partial charge on any atom is -0.367 e. The number of anilines is 1. The summed E-state index contributed by atoms with van der Waals surface area (Å²) in [7, 11) is -3.57. The Morgan fingerprint density at radius 1 is 1.21 bits per heavy atom. The van der Waals surface area contributed by atoms with E-state index in [1.165, 1.54) is 31.3 Å². The first kappa shape index (κ1) is 18.7. The van der Waals surface area contributed by atoms with Crippen LogP contribution in [0.4, 0.5) is 19.0 Å². The Labute approximate surface area is 159 Å². The Kier molecular flexibility index (Phi) is 4.33. The molecule has 0 amide bonds. The number of sulfone groups is 1. The molecule has 3 aromatic heterocycles. The van der Waals surface area contributed by atoms with Crippen LogP contribution in [0.15, 0.2) is 41.4 Å². The van der Waals surface area contributed by atoms with Gasteiger partial charge in [-0.2, -0.15) is 18.3 Å². The Bertz CT molecular complexity index is 1150. The van der Waals surface area contributed by atoms with Gasteiger partial charge in [-0.15, -0.1) is 0 Å². The lowest BCUT2D eigenvalue weighted by atomic mass is 10.1. The van der Waals surface area contributed by atoms with E-state index in [0.717, 1.165) is 23.4 Å². The summed E-state index contributed by atoms with van der Waals surface area (Å²) in [6.45, 7) is 1.53. The van der Waals surface area contributed by atoms with Crippen LogP contribution in [0.2, 0.25) is 0 Å². The number of nitrogens with zero attached hydrogens (tertiary/aromatic N) is 3. The number of nitrogens with one attached hydrogen (secondary N) is 1. The van der Waals surface area contributed by atoms with Crippen LogP contribution < -0.4 is 5.32 Å². The van der Waals surface area contributed by atoms with Crippen molar-refractivity contribution in [1.82, 2.24) is 14.6 Å². The molecular formula is C18H17F3N4O2S. The molecule has 6 nitrogen and oxygen atoms in total. The van der Waals surface area contributed by atoms with Crippen molar-refractivity contribution in [3.8, 4) is 11.3 Å². The number of fused-ring (bicyclic) bond motifs is 1. The van der Waals surface area contributed by atoms with Gasteiger partial charge < -0.3 is 5.32 Å². The number of rotatable bonds is 5. The highest BCUT2D eigenvalue weighted by Gasteiger charge is 2.34. The van der Waals surface area contributed by atoms with Gasteiger partial charge >= 0.3 is 6.18 Å². The molecule has 3 heterocycles. The van der Waals surface area contributed by atoms with Crippen LogP contribution in [0.1, 0.15) is 25.5 Å². The van der Waals surface area contributed by atoms with Crippen LogP contribution in [0.5, 0.6) is 0 Å². The molecule has 1 aliphatic rings. The molecule has 1 saturated carbocycles. The van der Waals surface area contributed by atoms with Gasteiger partial charge in [-0.05, 0) is 43.2 Å². The third-order valence-corrected chi connectivity index (χ3v) is 6.29. The molecule has 0 aromatic carbocycles. The summed E-state index contributed by atoms with van der Waals surface area (Å²) in [5, 5.41) is 6.72.